The zero-order valence-corrected chi connectivity index (χ0v) is 17.5. The van der Waals surface area contributed by atoms with Gasteiger partial charge in [0.2, 0.25) is 5.91 Å². The maximum absolute atomic E-state index is 13.0. The van der Waals surface area contributed by atoms with Gasteiger partial charge in [0, 0.05) is 36.7 Å². The molecule has 156 valence electrons. The first kappa shape index (κ1) is 21.8. The summed E-state index contributed by atoms with van der Waals surface area (Å²) in [4.78, 5) is 12.5. The molecule has 0 saturated carbocycles. The number of ether oxygens (including phenoxy) is 1. The summed E-state index contributed by atoms with van der Waals surface area (Å²) in [5, 5.41) is 7.09. The summed E-state index contributed by atoms with van der Waals surface area (Å²) < 4.78 is 18.5. The Morgan fingerprint density at radius 1 is 1.14 bits per heavy atom. The zero-order valence-electron chi connectivity index (χ0n) is 16.7. The molecule has 0 aromatic heterocycles. The van der Waals surface area contributed by atoms with E-state index in [1.54, 1.807) is 12.1 Å². The van der Waals surface area contributed by atoms with Gasteiger partial charge < -0.3 is 15.4 Å². The van der Waals surface area contributed by atoms with E-state index < -0.39 is 0 Å². The molecular formula is C23H28ClFN2O2. The highest BCUT2D eigenvalue weighted by atomic mass is 35.5. The van der Waals surface area contributed by atoms with Crippen molar-refractivity contribution in [3.63, 3.8) is 0 Å². The van der Waals surface area contributed by atoms with Gasteiger partial charge in [0.1, 0.15) is 5.82 Å². The fourth-order valence-electron chi connectivity index (χ4n) is 3.71. The second-order valence-corrected chi connectivity index (χ2v) is 8.11. The lowest BCUT2D eigenvalue weighted by atomic mass is 9.74. The molecule has 1 fully saturated rings. The minimum Gasteiger partial charge on any atom is -0.381 e. The number of rotatable bonds is 8. The molecule has 1 aliphatic heterocycles. The molecule has 2 aromatic carbocycles. The molecular weight excluding hydrogens is 391 g/mol. The van der Waals surface area contributed by atoms with Crippen LogP contribution in [0.2, 0.25) is 5.02 Å². The Morgan fingerprint density at radius 3 is 2.45 bits per heavy atom. The zero-order chi connectivity index (χ0) is 20.7. The van der Waals surface area contributed by atoms with Crippen LogP contribution in [0.25, 0.3) is 0 Å². The van der Waals surface area contributed by atoms with E-state index in [-0.39, 0.29) is 23.2 Å². The van der Waals surface area contributed by atoms with Crippen LogP contribution in [0.5, 0.6) is 0 Å². The standard InChI is InChI=1S/C23H28ClFN2O2/c1-17(22(28)26-13-10-18-2-8-21(25)9-3-18)27-16-23(11-14-29-15-12-23)19-4-6-20(24)7-5-19/h2-9,17,27H,10-16H2,1H3,(H,26,28). The third-order valence-corrected chi connectivity index (χ3v) is 5.92. The van der Waals surface area contributed by atoms with E-state index in [9.17, 15) is 9.18 Å². The number of benzene rings is 2. The van der Waals surface area contributed by atoms with Crippen molar-refractivity contribution in [2.75, 3.05) is 26.3 Å². The van der Waals surface area contributed by atoms with Crippen LogP contribution in [0.3, 0.4) is 0 Å². The highest BCUT2D eigenvalue weighted by Crippen LogP contribution is 2.35. The first-order valence-electron chi connectivity index (χ1n) is 10.1. The average molecular weight is 419 g/mol. The van der Waals surface area contributed by atoms with Gasteiger partial charge in [-0.1, -0.05) is 35.9 Å². The van der Waals surface area contributed by atoms with E-state index >= 15 is 0 Å². The van der Waals surface area contributed by atoms with E-state index in [4.69, 9.17) is 16.3 Å². The minimum atomic E-state index is -0.310. The Kier molecular flexibility index (Phi) is 7.64. The molecule has 0 aliphatic carbocycles. The predicted molar refractivity (Wildman–Crippen MR) is 114 cm³/mol. The van der Waals surface area contributed by atoms with E-state index in [0.29, 0.717) is 32.7 Å². The van der Waals surface area contributed by atoms with E-state index in [1.165, 1.54) is 17.7 Å². The van der Waals surface area contributed by atoms with Crippen molar-refractivity contribution < 1.29 is 13.9 Å². The molecule has 2 aromatic rings. The molecule has 1 saturated heterocycles. The molecule has 1 atom stereocenters. The van der Waals surface area contributed by atoms with Crippen molar-refractivity contribution in [3.8, 4) is 0 Å². The maximum Gasteiger partial charge on any atom is 0.236 e. The SMILES string of the molecule is CC(NCC1(c2ccc(Cl)cc2)CCOCC1)C(=O)NCCc1ccc(F)cc1. The number of carbonyl (C=O) groups is 1. The normalized spacial score (nSPS) is 16.9. The first-order valence-corrected chi connectivity index (χ1v) is 10.5. The molecule has 2 N–H and O–H groups in total. The number of hydrogen-bond donors (Lipinski definition) is 2. The molecule has 0 bridgehead atoms. The predicted octanol–water partition coefficient (Wildman–Crippen LogP) is 3.86. The number of halogens is 2. The monoisotopic (exact) mass is 418 g/mol. The van der Waals surface area contributed by atoms with E-state index in [2.05, 4.69) is 22.8 Å². The lowest BCUT2D eigenvalue weighted by Gasteiger charge is -2.38. The van der Waals surface area contributed by atoms with E-state index in [0.717, 1.165) is 23.4 Å². The number of carbonyl (C=O) groups excluding carboxylic acids is 1. The molecule has 1 amide bonds. The molecule has 1 heterocycles. The van der Waals surface area contributed by atoms with Gasteiger partial charge in [-0.15, -0.1) is 0 Å². The van der Waals surface area contributed by atoms with E-state index in [1.807, 2.05) is 19.1 Å². The van der Waals surface area contributed by atoms with Crippen LogP contribution in [0.1, 0.15) is 30.9 Å². The molecule has 0 spiro atoms. The molecule has 6 heteroatoms. The molecule has 4 nitrogen and oxygen atoms in total. The molecule has 1 unspecified atom stereocenters. The molecule has 29 heavy (non-hydrogen) atoms. The van der Waals surface area contributed by atoms with Crippen LogP contribution in [0, 0.1) is 5.82 Å². The van der Waals surface area contributed by atoms with Crippen LogP contribution in [-0.2, 0) is 21.4 Å². The number of nitrogens with one attached hydrogen (secondary N) is 2. The van der Waals surface area contributed by atoms with Crippen molar-refractivity contribution in [1.29, 1.82) is 0 Å². The topological polar surface area (TPSA) is 50.4 Å². The van der Waals surface area contributed by atoms with Crippen molar-refractivity contribution >= 4 is 17.5 Å². The summed E-state index contributed by atoms with van der Waals surface area (Å²) in [5.41, 5.74) is 2.16. The van der Waals surface area contributed by atoms with Crippen LogP contribution in [0.15, 0.2) is 48.5 Å². The van der Waals surface area contributed by atoms with Crippen LogP contribution in [-0.4, -0.2) is 38.3 Å². The smallest absolute Gasteiger partial charge is 0.236 e. The highest BCUT2D eigenvalue weighted by molar-refractivity contribution is 6.30. The summed E-state index contributed by atoms with van der Waals surface area (Å²) in [5.74, 6) is -0.288. The lowest BCUT2D eigenvalue weighted by molar-refractivity contribution is -0.122. The maximum atomic E-state index is 13.0. The largest absolute Gasteiger partial charge is 0.381 e. The highest BCUT2D eigenvalue weighted by Gasteiger charge is 2.35. The Hall–Kier alpha value is -1.95. The van der Waals surface area contributed by atoms with Gasteiger partial charge >= 0.3 is 0 Å². The third kappa shape index (κ3) is 6.01. The summed E-state index contributed by atoms with van der Waals surface area (Å²) in [6.45, 7) is 4.52. The molecule has 0 radical (unpaired) electrons. The van der Waals surface area contributed by atoms with Crippen molar-refractivity contribution in [1.82, 2.24) is 10.6 Å². The van der Waals surface area contributed by atoms with Crippen molar-refractivity contribution in [2.24, 2.45) is 0 Å². The average Bonchev–Trinajstić information content (AvgIpc) is 2.74. The van der Waals surface area contributed by atoms with Crippen molar-refractivity contribution in [3.05, 3.63) is 70.5 Å². The van der Waals surface area contributed by atoms with Gasteiger partial charge in [0.25, 0.3) is 0 Å². The quantitative estimate of drug-likeness (QED) is 0.684. The Bertz CT molecular complexity index is 790. The lowest BCUT2D eigenvalue weighted by Crippen LogP contribution is -2.49. The Morgan fingerprint density at radius 2 is 1.79 bits per heavy atom. The second-order valence-electron chi connectivity index (χ2n) is 7.67. The summed E-state index contributed by atoms with van der Waals surface area (Å²) in [7, 11) is 0. The van der Waals surface area contributed by atoms with Crippen LogP contribution < -0.4 is 10.6 Å². The van der Waals surface area contributed by atoms with Gasteiger partial charge in [0.05, 0.1) is 6.04 Å². The van der Waals surface area contributed by atoms with Crippen LogP contribution >= 0.6 is 11.6 Å². The summed E-state index contributed by atoms with van der Waals surface area (Å²) in [6, 6.07) is 14.0. The molecule has 3 rings (SSSR count). The second kappa shape index (κ2) is 10.2. The van der Waals surface area contributed by atoms with Crippen molar-refractivity contribution in [2.45, 2.75) is 37.6 Å². The fourth-order valence-corrected chi connectivity index (χ4v) is 3.83. The van der Waals surface area contributed by atoms with Crippen LogP contribution in [0.4, 0.5) is 4.39 Å². The van der Waals surface area contributed by atoms with Gasteiger partial charge in [-0.05, 0) is 61.6 Å². The third-order valence-electron chi connectivity index (χ3n) is 5.67. The van der Waals surface area contributed by atoms with Gasteiger partial charge in [-0.3, -0.25) is 4.79 Å². The first-order chi connectivity index (χ1) is 14.0. The van der Waals surface area contributed by atoms with Gasteiger partial charge in [-0.2, -0.15) is 0 Å². The number of amides is 1. The Labute approximate surface area is 176 Å². The van der Waals surface area contributed by atoms with Gasteiger partial charge in [-0.25, -0.2) is 4.39 Å². The minimum absolute atomic E-state index is 0.0366. The number of hydrogen-bond acceptors (Lipinski definition) is 3. The Balaban J connectivity index is 1.52. The fraction of sp³-hybridized carbons (Fsp3) is 0.435. The molecule has 1 aliphatic rings. The van der Waals surface area contributed by atoms with Gasteiger partial charge in [0.15, 0.2) is 0 Å². The summed E-state index contributed by atoms with van der Waals surface area (Å²) >= 11 is 6.05. The summed E-state index contributed by atoms with van der Waals surface area (Å²) in [6.07, 6.45) is 2.48.